The largest absolute Gasteiger partial charge is 0.351 e. The molecule has 1 aliphatic heterocycles. The lowest BCUT2D eigenvalue weighted by Gasteiger charge is -2.29. The molecule has 0 aromatic heterocycles. The van der Waals surface area contributed by atoms with Crippen LogP contribution in [0.5, 0.6) is 0 Å². The maximum atomic E-state index is 12.5. The predicted molar refractivity (Wildman–Crippen MR) is 116 cm³/mol. The molecule has 2 aromatic rings. The summed E-state index contributed by atoms with van der Waals surface area (Å²) in [5, 5.41) is 3.98. The SMILES string of the molecule is Cc1ccc(C)c(NC(=O)CSC(=Nc2ccccc2)N2CCCCC2)c1. The van der Waals surface area contributed by atoms with Gasteiger partial charge in [0, 0.05) is 18.8 Å². The van der Waals surface area contributed by atoms with Gasteiger partial charge in [-0.3, -0.25) is 4.79 Å². The van der Waals surface area contributed by atoms with Crippen LogP contribution in [0, 0.1) is 13.8 Å². The molecule has 1 heterocycles. The van der Waals surface area contributed by atoms with Crippen LogP contribution < -0.4 is 5.32 Å². The molecule has 3 rings (SSSR count). The Labute approximate surface area is 166 Å². The summed E-state index contributed by atoms with van der Waals surface area (Å²) >= 11 is 1.52. The van der Waals surface area contributed by atoms with Crippen molar-refractivity contribution in [2.45, 2.75) is 33.1 Å². The molecule has 0 spiro atoms. The van der Waals surface area contributed by atoms with Gasteiger partial charge in [-0.1, -0.05) is 42.1 Å². The van der Waals surface area contributed by atoms with Crippen LogP contribution in [0.2, 0.25) is 0 Å². The lowest BCUT2D eigenvalue weighted by molar-refractivity contribution is -0.113. The highest BCUT2D eigenvalue weighted by molar-refractivity contribution is 8.14. The van der Waals surface area contributed by atoms with Gasteiger partial charge in [-0.05, 0) is 62.4 Å². The van der Waals surface area contributed by atoms with Gasteiger partial charge in [0.25, 0.3) is 0 Å². The zero-order chi connectivity index (χ0) is 19.1. The topological polar surface area (TPSA) is 44.7 Å². The molecular weight excluding hydrogens is 354 g/mol. The number of aryl methyl sites for hydroxylation is 2. The van der Waals surface area contributed by atoms with Gasteiger partial charge in [-0.25, -0.2) is 4.99 Å². The average molecular weight is 382 g/mol. The van der Waals surface area contributed by atoms with E-state index < -0.39 is 0 Å². The number of thioether (sulfide) groups is 1. The van der Waals surface area contributed by atoms with Gasteiger partial charge >= 0.3 is 0 Å². The summed E-state index contributed by atoms with van der Waals surface area (Å²) in [6, 6.07) is 16.1. The number of nitrogens with one attached hydrogen (secondary N) is 1. The summed E-state index contributed by atoms with van der Waals surface area (Å²) < 4.78 is 0. The highest BCUT2D eigenvalue weighted by atomic mass is 32.2. The van der Waals surface area contributed by atoms with Gasteiger partial charge < -0.3 is 10.2 Å². The molecule has 0 saturated carbocycles. The van der Waals surface area contributed by atoms with Crippen molar-refractivity contribution in [1.82, 2.24) is 4.90 Å². The molecule has 1 amide bonds. The van der Waals surface area contributed by atoms with Crippen molar-refractivity contribution in [3.05, 3.63) is 59.7 Å². The van der Waals surface area contributed by atoms with Crippen molar-refractivity contribution in [1.29, 1.82) is 0 Å². The van der Waals surface area contributed by atoms with Crippen LogP contribution in [0.15, 0.2) is 53.5 Å². The van der Waals surface area contributed by atoms with Gasteiger partial charge in [-0.15, -0.1) is 0 Å². The quantitative estimate of drug-likeness (QED) is 0.588. The number of hydrogen-bond donors (Lipinski definition) is 1. The third kappa shape index (κ3) is 5.86. The van der Waals surface area contributed by atoms with Gasteiger partial charge in [0.15, 0.2) is 5.17 Å². The highest BCUT2D eigenvalue weighted by Gasteiger charge is 2.17. The fraction of sp³-hybridized carbons (Fsp3) is 0.364. The van der Waals surface area contributed by atoms with Crippen LogP contribution in [-0.4, -0.2) is 34.8 Å². The smallest absolute Gasteiger partial charge is 0.234 e. The molecule has 0 unspecified atom stereocenters. The minimum absolute atomic E-state index is 0.00599. The van der Waals surface area contributed by atoms with E-state index in [1.54, 1.807) is 0 Å². The number of likely N-dealkylation sites (tertiary alicyclic amines) is 1. The van der Waals surface area contributed by atoms with Crippen molar-refractivity contribution in [2.75, 3.05) is 24.2 Å². The van der Waals surface area contributed by atoms with Crippen molar-refractivity contribution in [3.63, 3.8) is 0 Å². The first-order valence-electron chi connectivity index (χ1n) is 9.50. The molecule has 5 heteroatoms. The molecule has 4 nitrogen and oxygen atoms in total. The Morgan fingerprint density at radius 1 is 1.07 bits per heavy atom. The summed E-state index contributed by atoms with van der Waals surface area (Å²) in [5.74, 6) is 0.363. The van der Waals surface area contributed by atoms with E-state index in [2.05, 4.69) is 16.3 Å². The lowest BCUT2D eigenvalue weighted by atomic mass is 10.1. The number of para-hydroxylation sites is 1. The maximum Gasteiger partial charge on any atom is 0.234 e. The van der Waals surface area contributed by atoms with Crippen molar-refractivity contribution >= 4 is 34.2 Å². The normalized spacial score (nSPS) is 14.9. The number of hydrogen-bond acceptors (Lipinski definition) is 3. The number of rotatable bonds is 4. The van der Waals surface area contributed by atoms with Gasteiger partial charge in [-0.2, -0.15) is 0 Å². The van der Waals surface area contributed by atoms with Gasteiger partial charge in [0.05, 0.1) is 11.4 Å². The van der Waals surface area contributed by atoms with E-state index in [0.717, 1.165) is 40.8 Å². The number of aliphatic imine (C=N–C) groups is 1. The lowest BCUT2D eigenvalue weighted by Crippen LogP contribution is -2.34. The summed E-state index contributed by atoms with van der Waals surface area (Å²) in [6.07, 6.45) is 3.64. The summed E-state index contributed by atoms with van der Waals surface area (Å²) in [5.41, 5.74) is 4.04. The molecule has 0 bridgehead atoms. The fourth-order valence-corrected chi connectivity index (χ4v) is 3.95. The van der Waals surface area contributed by atoms with Crippen LogP contribution in [0.25, 0.3) is 0 Å². The predicted octanol–water partition coefficient (Wildman–Crippen LogP) is 5.15. The van der Waals surface area contributed by atoms with Crippen LogP contribution in [0.1, 0.15) is 30.4 Å². The number of amidine groups is 1. The van der Waals surface area contributed by atoms with Crippen LogP contribution in [0.4, 0.5) is 11.4 Å². The number of amides is 1. The second-order valence-corrected chi connectivity index (χ2v) is 7.88. The Morgan fingerprint density at radius 2 is 1.81 bits per heavy atom. The van der Waals surface area contributed by atoms with Crippen molar-refractivity contribution < 1.29 is 4.79 Å². The molecule has 2 aromatic carbocycles. The van der Waals surface area contributed by atoms with Crippen LogP contribution in [0.3, 0.4) is 0 Å². The second kappa shape index (κ2) is 9.60. The Morgan fingerprint density at radius 3 is 2.56 bits per heavy atom. The fourth-order valence-electron chi connectivity index (χ4n) is 3.08. The first kappa shape index (κ1) is 19.5. The number of benzene rings is 2. The molecule has 0 aliphatic carbocycles. The number of carbonyl (C=O) groups excluding carboxylic acids is 1. The highest BCUT2D eigenvalue weighted by Crippen LogP contribution is 2.22. The zero-order valence-electron chi connectivity index (χ0n) is 16.1. The molecule has 1 fully saturated rings. The number of carbonyl (C=O) groups is 1. The monoisotopic (exact) mass is 381 g/mol. The summed E-state index contributed by atoms with van der Waals surface area (Å²) in [4.78, 5) is 19.6. The maximum absolute atomic E-state index is 12.5. The molecule has 142 valence electrons. The molecule has 0 atom stereocenters. The summed E-state index contributed by atoms with van der Waals surface area (Å²) in [6.45, 7) is 6.07. The third-order valence-corrected chi connectivity index (χ3v) is 5.62. The van der Waals surface area contributed by atoms with Gasteiger partial charge in [0.2, 0.25) is 5.91 Å². The van der Waals surface area contributed by atoms with E-state index in [4.69, 9.17) is 4.99 Å². The Kier molecular flexibility index (Phi) is 6.93. The standard InChI is InChI=1S/C22H27N3OS/c1-17-11-12-18(2)20(15-17)24-21(26)16-27-22(25-13-7-4-8-14-25)23-19-9-5-3-6-10-19/h3,5-6,9-12,15H,4,7-8,13-14,16H2,1-2H3,(H,24,26). The molecule has 1 aliphatic rings. The van der Waals surface area contributed by atoms with Crippen molar-refractivity contribution in [3.8, 4) is 0 Å². The number of anilines is 1. The minimum Gasteiger partial charge on any atom is -0.351 e. The first-order valence-corrected chi connectivity index (χ1v) is 10.5. The van der Waals surface area contributed by atoms with Crippen LogP contribution >= 0.6 is 11.8 Å². The van der Waals surface area contributed by atoms with E-state index in [1.807, 2.05) is 56.3 Å². The molecule has 1 N–H and O–H groups in total. The van der Waals surface area contributed by atoms with Crippen LogP contribution in [-0.2, 0) is 4.79 Å². The Bertz CT molecular complexity index is 798. The second-order valence-electron chi connectivity index (χ2n) is 6.93. The minimum atomic E-state index is 0.00599. The van der Waals surface area contributed by atoms with Crippen molar-refractivity contribution in [2.24, 2.45) is 4.99 Å². The summed E-state index contributed by atoms with van der Waals surface area (Å²) in [7, 11) is 0. The third-order valence-electron chi connectivity index (χ3n) is 4.61. The molecule has 0 radical (unpaired) electrons. The number of nitrogens with zero attached hydrogens (tertiary/aromatic N) is 2. The zero-order valence-corrected chi connectivity index (χ0v) is 16.9. The van der Waals surface area contributed by atoms with E-state index >= 15 is 0 Å². The van der Waals surface area contributed by atoms with Gasteiger partial charge in [0.1, 0.15) is 0 Å². The average Bonchev–Trinajstić information content (AvgIpc) is 2.69. The Hall–Kier alpha value is -2.27. The first-order chi connectivity index (χ1) is 13.1. The molecular formula is C22H27N3OS. The molecule has 27 heavy (non-hydrogen) atoms. The van der Waals surface area contributed by atoms with E-state index in [0.29, 0.717) is 5.75 Å². The van der Waals surface area contributed by atoms with E-state index in [1.165, 1.54) is 31.0 Å². The number of piperidine rings is 1. The van der Waals surface area contributed by atoms with E-state index in [-0.39, 0.29) is 5.91 Å². The Balaban J connectivity index is 1.67. The van der Waals surface area contributed by atoms with E-state index in [9.17, 15) is 4.79 Å². The molecule has 1 saturated heterocycles.